The number of nitrogens with zero attached hydrogens (tertiary/aromatic N) is 2. The predicted octanol–water partition coefficient (Wildman–Crippen LogP) is 2.36. The van der Waals surface area contributed by atoms with Crippen molar-refractivity contribution in [2.45, 2.75) is 32.7 Å². The fourth-order valence-electron chi connectivity index (χ4n) is 2.61. The van der Waals surface area contributed by atoms with Gasteiger partial charge in [0.25, 0.3) is 5.91 Å². The Kier molecular flexibility index (Phi) is 4.88. The first-order valence-corrected chi connectivity index (χ1v) is 7.38. The van der Waals surface area contributed by atoms with E-state index in [1.165, 1.54) is 0 Å². The largest absolute Gasteiger partial charge is 0.342 e. The van der Waals surface area contributed by atoms with Crippen LogP contribution in [-0.4, -0.2) is 35.0 Å². The van der Waals surface area contributed by atoms with Gasteiger partial charge in [0.05, 0.1) is 5.02 Å². The van der Waals surface area contributed by atoms with Gasteiger partial charge in [-0.15, -0.1) is 0 Å². The van der Waals surface area contributed by atoms with Crippen molar-refractivity contribution < 1.29 is 4.79 Å². The van der Waals surface area contributed by atoms with E-state index in [0.29, 0.717) is 16.6 Å². The summed E-state index contributed by atoms with van der Waals surface area (Å²) in [6.07, 6.45) is 4.83. The first kappa shape index (κ1) is 14.4. The fraction of sp³-hybridized carbons (Fsp3) is 0.643. The van der Waals surface area contributed by atoms with E-state index in [9.17, 15) is 4.79 Å². The maximum atomic E-state index is 12.5. The Morgan fingerprint density at radius 2 is 2.16 bits per heavy atom. The molecule has 1 aromatic heterocycles. The molecule has 4 nitrogen and oxygen atoms in total. The Balaban J connectivity index is 2.07. The lowest BCUT2D eigenvalue weighted by Crippen LogP contribution is -2.40. The molecule has 19 heavy (non-hydrogen) atoms. The summed E-state index contributed by atoms with van der Waals surface area (Å²) < 4.78 is 1.96. The second-order valence-corrected chi connectivity index (χ2v) is 5.64. The summed E-state index contributed by atoms with van der Waals surface area (Å²) in [7, 11) is 0. The number of likely N-dealkylation sites (tertiary alicyclic amines) is 1. The van der Waals surface area contributed by atoms with Gasteiger partial charge in [0.15, 0.2) is 0 Å². The summed E-state index contributed by atoms with van der Waals surface area (Å²) in [6, 6.07) is 1.77. The molecule has 0 aromatic carbocycles. The molecule has 0 spiro atoms. The number of halogens is 1. The topological polar surface area (TPSA) is 51.3 Å². The van der Waals surface area contributed by atoms with E-state index in [4.69, 9.17) is 17.3 Å². The van der Waals surface area contributed by atoms with Crippen LogP contribution in [0.3, 0.4) is 0 Å². The van der Waals surface area contributed by atoms with Crippen LogP contribution in [0.5, 0.6) is 0 Å². The second kappa shape index (κ2) is 6.44. The summed E-state index contributed by atoms with van der Waals surface area (Å²) in [4.78, 5) is 14.4. The number of amides is 1. The number of nitrogens with two attached hydrogens (primary N) is 1. The van der Waals surface area contributed by atoms with Crippen molar-refractivity contribution in [3.8, 4) is 0 Å². The van der Waals surface area contributed by atoms with Gasteiger partial charge in [-0.05, 0) is 37.8 Å². The molecule has 0 radical (unpaired) electrons. The summed E-state index contributed by atoms with van der Waals surface area (Å²) in [5, 5.41) is 0.633. The van der Waals surface area contributed by atoms with E-state index < -0.39 is 0 Å². The van der Waals surface area contributed by atoms with Crippen LogP contribution in [0, 0.1) is 5.92 Å². The van der Waals surface area contributed by atoms with Crippen molar-refractivity contribution in [3.05, 3.63) is 23.0 Å². The summed E-state index contributed by atoms with van der Waals surface area (Å²) >= 11 is 6.02. The van der Waals surface area contributed by atoms with Gasteiger partial charge in [-0.2, -0.15) is 0 Å². The van der Waals surface area contributed by atoms with Gasteiger partial charge >= 0.3 is 0 Å². The smallest absolute Gasteiger partial charge is 0.270 e. The van der Waals surface area contributed by atoms with E-state index in [1.807, 2.05) is 15.7 Å². The lowest BCUT2D eigenvalue weighted by molar-refractivity contribution is 0.0682. The first-order chi connectivity index (χ1) is 9.15. The number of hydrogen-bond donors (Lipinski definition) is 1. The predicted molar refractivity (Wildman–Crippen MR) is 77.4 cm³/mol. The SMILES string of the molecule is CCCn1cc(Cl)cc1C(=O)N1CCC(CN)CC1. The normalized spacial score (nSPS) is 16.9. The summed E-state index contributed by atoms with van der Waals surface area (Å²) in [6.45, 7) is 5.24. The van der Waals surface area contributed by atoms with Gasteiger partial charge in [0.2, 0.25) is 0 Å². The van der Waals surface area contributed by atoms with Gasteiger partial charge in [0.1, 0.15) is 5.69 Å². The molecule has 1 aliphatic heterocycles. The highest BCUT2D eigenvalue weighted by molar-refractivity contribution is 6.31. The first-order valence-electron chi connectivity index (χ1n) is 7.00. The van der Waals surface area contributed by atoms with Crippen LogP contribution < -0.4 is 5.73 Å². The molecular formula is C14H22ClN3O. The Bertz CT molecular complexity index is 436. The monoisotopic (exact) mass is 283 g/mol. The fourth-order valence-corrected chi connectivity index (χ4v) is 2.83. The lowest BCUT2D eigenvalue weighted by atomic mass is 9.97. The molecule has 0 saturated carbocycles. The molecule has 1 saturated heterocycles. The summed E-state index contributed by atoms with van der Waals surface area (Å²) in [5.41, 5.74) is 6.38. The Labute approximate surface area is 119 Å². The zero-order chi connectivity index (χ0) is 13.8. The maximum Gasteiger partial charge on any atom is 0.270 e. The third-order valence-electron chi connectivity index (χ3n) is 3.78. The van der Waals surface area contributed by atoms with Gasteiger partial charge in [-0.3, -0.25) is 4.79 Å². The molecule has 0 unspecified atom stereocenters. The van der Waals surface area contributed by atoms with Crippen molar-refractivity contribution in [1.29, 1.82) is 0 Å². The highest BCUT2D eigenvalue weighted by Crippen LogP contribution is 2.21. The van der Waals surface area contributed by atoms with Crippen molar-refractivity contribution in [3.63, 3.8) is 0 Å². The van der Waals surface area contributed by atoms with Gasteiger partial charge in [-0.1, -0.05) is 18.5 Å². The quantitative estimate of drug-likeness (QED) is 0.922. The van der Waals surface area contributed by atoms with Crippen LogP contribution in [0.1, 0.15) is 36.7 Å². The average Bonchev–Trinajstić information content (AvgIpc) is 2.79. The zero-order valence-electron chi connectivity index (χ0n) is 11.4. The maximum absolute atomic E-state index is 12.5. The van der Waals surface area contributed by atoms with Crippen LogP contribution in [-0.2, 0) is 6.54 Å². The zero-order valence-corrected chi connectivity index (χ0v) is 12.2. The second-order valence-electron chi connectivity index (χ2n) is 5.21. The molecule has 1 fully saturated rings. The van der Waals surface area contributed by atoms with Crippen molar-refractivity contribution >= 4 is 17.5 Å². The standard InChI is InChI=1S/C14H22ClN3O/c1-2-5-18-10-12(15)8-13(18)14(19)17-6-3-11(9-16)4-7-17/h8,10-11H,2-7,9,16H2,1H3. The van der Waals surface area contributed by atoms with E-state index in [0.717, 1.165) is 45.4 Å². The van der Waals surface area contributed by atoms with Crippen LogP contribution in [0.25, 0.3) is 0 Å². The average molecular weight is 284 g/mol. The molecule has 2 N–H and O–H groups in total. The van der Waals surface area contributed by atoms with E-state index in [2.05, 4.69) is 6.92 Å². The molecule has 2 heterocycles. The van der Waals surface area contributed by atoms with Crippen LogP contribution in [0.4, 0.5) is 0 Å². The van der Waals surface area contributed by atoms with Gasteiger partial charge < -0.3 is 15.2 Å². The molecule has 0 bridgehead atoms. The van der Waals surface area contributed by atoms with Crippen LogP contribution in [0.15, 0.2) is 12.3 Å². The number of carbonyl (C=O) groups is 1. The number of hydrogen-bond acceptors (Lipinski definition) is 2. The molecule has 5 heteroatoms. The van der Waals surface area contributed by atoms with Crippen molar-refractivity contribution in [1.82, 2.24) is 9.47 Å². The van der Waals surface area contributed by atoms with Crippen molar-refractivity contribution in [2.24, 2.45) is 11.7 Å². The number of aromatic nitrogens is 1. The minimum atomic E-state index is 0.0934. The molecule has 1 amide bonds. The van der Waals surface area contributed by atoms with E-state index >= 15 is 0 Å². The Morgan fingerprint density at radius 3 is 2.74 bits per heavy atom. The van der Waals surface area contributed by atoms with E-state index in [-0.39, 0.29) is 5.91 Å². The number of aryl methyl sites for hydroxylation is 1. The minimum Gasteiger partial charge on any atom is -0.342 e. The lowest BCUT2D eigenvalue weighted by Gasteiger charge is -2.31. The van der Waals surface area contributed by atoms with Gasteiger partial charge in [0, 0.05) is 25.8 Å². The number of carbonyl (C=O) groups excluding carboxylic acids is 1. The molecule has 0 atom stereocenters. The molecule has 106 valence electrons. The third kappa shape index (κ3) is 3.31. The molecule has 0 aliphatic carbocycles. The third-order valence-corrected chi connectivity index (χ3v) is 3.99. The van der Waals surface area contributed by atoms with Crippen molar-refractivity contribution in [2.75, 3.05) is 19.6 Å². The summed E-state index contributed by atoms with van der Waals surface area (Å²) in [5.74, 6) is 0.658. The van der Waals surface area contributed by atoms with Crippen LogP contribution in [0.2, 0.25) is 5.02 Å². The highest BCUT2D eigenvalue weighted by Gasteiger charge is 2.24. The molecule has 1 aliphatic rings. The molecular weight excluding hydrogens is 262 g/mol. The minimum absolute atomic E-state index is 0.0934. The Hall–Kier alpha value is -1.00. The number of piperidine rings is 1. The van der Waals surface area contributed by atoms with E-state index in [1.54, 1.807) is 6.07 Å². The number of rotatable bonds is 4. The van der Waals surface area contributed by atoms with Crippen LogP contribution >= 0.6 is 11.6 Å². The Morgan fingerprint density at radius 1 is 1.47 bits per heavy atom. The molecule has 2 rings (SSSR count). The van der Waals surface area contributed by atoms with Gasteiger partial charge in [-0.25, -0.2) is 0 Å². The molecule has 1 aromatic rings. The highest BCUT2D eigenvalue weighted by atomic mass is 35.5.